The molecule has 9 nitrogen and oxygen atoms in total. The maximum Gasteiger partial charge on any atom is 0.332 e. The lowest BCUT2D eigenvalue weighted by Crippen LogP contribution is -2.12. The number of aromatic nitrogens is 4. The first kappa shape index (κ1) is 13.7. The first-order chi connectivity index (χ1) is 9.58. The van der Waals surface area contributed by atoms with Gasteiger partial charge in [-0.15, -0.1) is 0 Å². The van der Waals surface area contributed by atoms with E-state index in [1.807, 2.05) is 12.3 Å². The topological polar surface area (TPSA) is 125 Å². The van der Waals surface area contributed by atoms with Crippen molar-refractivity contribution in [2.45, 2.75) is 19.9 Å². The second-order valence-corrected chi connectivity index (χ2v) is 4.17. The van der Waals surface area contributed by atoms with Crippen LogP contribution >= 0.6 is 0 Å². The third-order valence-electron chi connectivity index (χ3n) is 2.67. The summed E-state index contributed by atoms with van der Waals surface area (Å²) in [5.74, 6) is 0.170. The Morgan fingerprint density at radius 2 is 2.30 bits per heavy atom. The number of nitrogens with zero attached hydrogens (tertiary/aromatic N) is 5. The standard InChI is InChI=1S/C11H15N7O2/c1-8-9(18(19)20)10(16-11(12)15-8)13-4-2-6-17-7-3-5-14-17/h3,5,7H,2,4,6H2,1H3,(H3,12,13,15,16). The second kappa shape index (κ2) is 5.95. The van der Waals surface area contributed by atoms with Gasteiger partial charge >= 0.3 is 5.69 Å². The molecule has 0 radical (unpaired) electrons. The van der Waals surface area contributed by atoms with Gasteiger partial charge in [-0.2, -0.15) is 10.1 Å². The molecule has 2 aromatic heterocycles. The van der Waals surface area contributed by atoms with E-state index < -0.39 is 4.92 Å². The Hall–Kier alpha value is -2.71. The second-order valence-electron chi connectivity index (χ2n) is 4.17. The molecule has 3 N–H and O–H groups in total. The monoisotopic (exact) mass is 277 g/mol. The summed E-state index contributed by atoms with van der Waals surface area (Å²) < 4.78 is 1.79. The van der Waals surface area contributed by atoms with E-state index in [4.69, 9.17) is 5.73 Å². The Kier molecular flexibility index (Phi) is 4.08. The Labute approximate surface area is 115 Å². The third-order valence-corrected chi connectivity index (χ3v) is 2.67. The summed E-state index contributed by atoms with van der Waals surface area (Å²) in [5, 5.41) is 18.0. The van der Waals surface area contributed by atoms with E-state index >= 15 is 0 Å². The minimum atomic E-state index is -0.509. The molecule has 0 fully saturated rings. The highest BCUT2D eigenvalue weighted by molar-refractivity contribution is 5.60. The lowest BCUT2D eigenvalue weighted by Gasteiger charge is -2.08. The van der Waals surface area contributed by atoms with E-state index in [1.165, 1.54) is 6.92 Å². The van der Waals surface area contributed by atoms with Crippen molar-refractivity contribution >= 4 is 17.5 Å². The van der Waals surface area contributed by atoms with Crippen molar-refractivity contribution in [1.29, 1.82) is 0 Å². The van der Waals surface area contributed by atoms with Crippen molar-refractivity contribution in [1.82, 2.24) is 19.7 Å². The van der Waals surface area contributed by atoms with E-state index in [9.17, 15) is 10.1 Å². The number of nitrogens with two attached hydrogens (primary N) is 1. The molecule has 2 aromatic rings. The molecule has 2 heterocycles. The van der Waals surface area contributed by atoms with E-state index in [-0.39, 0.29) is 23.1 Å². The molecule has 0 unspecified atom stereocenters. The van der Waals surface area contributed by atoms with Crippen LogP contribution in [-0.2, 0) is 6.54 Å². The van der Waals surface area contributed by atoms with Gasteiger partial charge in [0.05, 0.1) is 4.92 Å². The van der Waals surface area contributed by atoms with Crippen LogP contribution in [0, 0.1) is 17.0 Å². The summed E-state index contributed by atoms with van der Waals surface area (Å²) in [4.78, 5) is 18.2. The minimum absolute atomic E-state index is 0.0164. The van der Waals surface area contributed by atoms with E-state index in [1.54, 1.807) is 10.9 Å². The smallest absolute Gasteiger partial charge is 0.332 e. The molecule has 0 aliphatic rings. The number of hydrogen-bond donors (Lipinski definition) is 2. The van der Waals surface area contributed by atoms with Crippen LogP contribution in [0.5, 0.6) is 0 Å². The van der Waals surface area contributed by atoms with Gasteiger partial charge in [-0.3, -0.25) is 14.8 Å². The summed E-state index contributed by atoms with van der Waals surface area (Å²) in [6.07, 6.45) is 4.31. The van der Waals surface area contributed by atoms with Crippen LogP contribution in [0.1, 0.15) is 12.1 Å². The highest BCUT2D eigenvalue weighted by Crippen LogP contribution is 2.25. The molecule has 20 heavy (non-hydrogen) atoms. The van der Waals surface area contributed by atoms with Crippen LogP contribution in [0.4, 0.5) is 17.5 Å². The van der Waals surface area contributed by atoms with Crippen LogP contribution in [-0.4, -0.2) is 31.2 Å². The van der Waals surface area contributed by atoms with Gasteiger partial charge in [0.1, 0.15) is 5.69 Å². The first-order valence-electron chi connectivity index (χ1n) is 6.07. The molecule has 106 valence electrons. The Bertz CT molecular complexity index is 597. The van der Waals surface area contributed by atoms with Gasteiger partial charge in [0, 0.05) is 25.5 Å². The number of rotatable bonds is 6. The van der Waals surface area contributed by atoms with Gasteiger partial charge in [-0.1, -0.05) is 0 Å². The fourth-order valence-electron chi connectivity index (χ4n) is 1.81. The number of nitrogen functional groups attached to an aromatic ring is 1. The molecule has 0 spiro atoms. The molecule has 9 heteroatoms. The van der Waals surface area contributed by atoms with Crippen molar-refractivity contribution in [3.63, 3.8) is 0 Å². The molecular formula is C11H15N7O2. The molecule has 0 amide bonds. The number of aryl methyl sites for hydroxylation is 2. The Balaban J connectivity index is 1.99. The van der Waals surface area contributed by atoms with Gasteiger partial charge in [0.2, 0.25) is 11.8 Å². The molecule has 0 aromatic carbocycles. The lowest BCUT2D eigenvalue weighted by molar-refractivity contribution is -0.385. The summed E-state index contributed by atoms with van der Waals surface area (Å²) in [6.45, 7) is 2.77. The Morgan fingerprint density at radius 3 is 2.95 bits per heavy atom. The number of hydrogen-bond acceptors (Lipinski definition) is 7. The van der Waals surface area contributed by atoms with Crippen molar-refractivity contribution in [2.24, 2.45) is 0 Å². The number of anilines is 2. The van der Waals surface area contributed by atoms with E-state index in [2.05, 4.69) is 20.4 Å². The predicted octanol–water partition coefficient (Wildman–Crippen LogP) is 0.974. The molecule has 0 saturated heterocycles. The highest BCUT2D eigenvalue weighted by Gasteiger charge is 2.20. The zero-order chi connectivity index (χ0) is 14.5. The average molecular weight is 277 g/mol. The quantitative estimate of drug-likeness (QED) is 0.458. The van der Waals surface area contributed by atoms with Crippen LogP contribution in [0.25, 0.3) is 0 Å². The SMILES string of the molecule is Cc1nc(N)nc(NCCCn2cccn2)c1[N+](=O)[O-]. The van der Waals surface area contributed by atoms with Crippen LogP contribution in [0.2, 0.25) is 0 Å². The molecule has 0 saturated carbocycles. The van der Waals surface area contributed by atoms with Gasteiger partial charge in [0.15, 0.2) is 0 Å². The lowest BCUT2D eigenvalue weighted by atomic mass is 10.3. The maximum atomic E-state index is 11.0. The fraction of sp³-hybridized carbons (Fsp3) is 0.364. The zero-order valence-corrected chi connectivity index (χ0v) is 11.0. The van der Waals surface area contributed by atoms with Gasteiger partial charge in [0.25, 0.3) is 0 Å². The fourth-order valence-corrected chi connectivity index (χ4v) is 1.81. The van der Waals surface area contributed by atoms with Crippen LogP contribution in [0.3, 0.4) is 0 Å². The average Bonchev–Trinajstić information content (AvgIpc) is 2.86. The van der Waals surface area contributed by atoms with E-state index in [0.717, 1.165) is 6.42 Å². The van der Waals surface area contributed by atoms with E-state index in [0.29, 0.717) is 13.1 Å². The van der Waals surface area contributed by atoms with Crippen molar-refractivity contribution in [3.8, 4) is 0 Å². The highest BCUT2D eigenvalue weighted by atomic mass is 16.6. The summed E-state index contributed by atoms with van der Waals surface area (Å²) in [6, 6.07) is 1.84. The largest absolute Gasteiger partial charge is 0.368 e. The summed E-state index contributed by atoms with van der Waals surface area (Å²) in [7, 11) is 0. The maximum absolute atomic E-state index is 11.0. The summed E-state index contributed by atoms with van der Waals surface area (Å²) >= 11 is 0. The van der Waals surface area contributed by atoms with Crippen molar-refractivity contribution in [3.05, 3.63) is 34.3 Å². The zero-order valence-electron chi connectivity index (χ0n) is 11.0. The normalized spacial score (nSPS) is 10.4. The van der Waals surface area contributed by atoms with Crippen LogP contribution in [0.15, 0.2) is 18.5 Å². The molecule has 0 bridgehead atoms. The minimum Gasteiger partial charge on any atom is -0.368 e. The number of nitrogens with one attached hydrogen (secondary N) is 1. The van der Waals surface area contributed by atoms with Gasteiger partial charge < -0.3 is 11.1 Å². The Morgan fingerprint density at radius 1 is 1.50 bits per heavy atom. The van der Waals surface area contributed by atoms with Gasteiger partial charge in [-0.05, 0) is 19.4 Å². The molecular weight excluding hydrogens is 262 g/mol. The summed E-state index contributed by atoms with van der Waals surface area (Å²) in [5.41, 5.74) is 5.62. The number of nitro groups is 1. The van der Waals surface area contributed by atoms with Gasteiger partial charge in [-0.25, -0.2) is 4.98 Å². The molecule has 0 aliphatic heterocycles. The molecule has 0 atom stereocenters. The van der Waals surface area contributed by atoms with Crippen LogP contribution < -0.4 is 11.1 Å². The molecule has 2 rings (SSSR count). The first-order valence-corrected chi connectivity index (χ1v) is 6.07. The predicted molar refractivity (Wildman–Crippen MR) is 73.2 cm³/mol. The van der Waals surface area contributed by atoms with Crippen molar-refractivity contribution in [2.75, 3.05) is 17.6 Å². The molecule has 0 aliphatic carbocycles. The van der Waals surface area contributed by atoms with Crippen molar-refractivity contribution < 1.29 is 4.92 Å². The third kappa shape index (κ3) is 3.19.